The van der Waals surface area contributed by atoms with Gasteiger partial charge in [0.2, 0.25) is 5.91 Å². The Kier molecular flexibility index (Phi) is 6.20. The lowest BCUT2D eigenvalue weighted by Gasteiger charge is -2.36. The highest BCUT2D eigenvalue weighted by Crippen LogP contribution is 2.25. The van der Waals surface area contributed by atoms with Gasteiger partial charge in [0.05, 0.1) is 12.7 Å². The van der Waals surface area contributed by atoms with Crippen LogP contribution in [0.5, 0.6) is 0 Å². The van der Waals surface area contributed by atoms with E-state index in [1.807, 2.05) is 36.4 Å². The molecule has 0 saturated carbocycles. The Morgan fingerprint density at radius 3 is 2.24 bits per heavy atom. The number of piperidine rings is 1. The third kappa shape index (κ3) is 4.91. The normalized spacial score (nSPS) is 17.3. The lowest BCUT2D eigenvalue weighted by Crippen LogP contribution is -2.44. The van der Waals surface area contributed by atoms with Gasteiger partial charge in [0.15, 0.2) is 0 Å². The number of ether oxygens (including phenoxy) is 1. The standard InChI is InChI=1S/C21H26N2O2/c22-21(24)20(18-9-5-2-6-10-18)23-14-11-19(12-15-23)25-16-13-17-7-3-1-4-8-17/h1-10,19-20H,11-16H2,(H2,22,24)/t20-/m1/s1. The second-order valence-electron chi connectivity index (χ2n) is 6.56. The van der Waals surface area contributed by atoms with Crippen LogP contribution in [-0.4, -0.2) is 36.6 Å². The van der Waals surface area contributed by atoms with Crippen molar-refractivity contribution < 1.29 is 9.53 Å². The topological polar surface area (TPSA) is 55.6 Å². The van der Waals surface area contributed by atoms with Crippen LogP contribution >= 0.6 is 0 Å². The number of benzene rings is 2. The predicted molar refractivity (Wildman–Crippen MR) is 99.1 cm³/mol. The van der Waals surface area contributed by atoms with Gasteiger partial charge in [-0.15, -0.1) is 0 Å². The van der Waals surface area contributed by atoms with Crippen molar-refractivity contribution in [3.63, 3.8) is 0 Å². The zero-order valence-electron chi connectivity index (χ0n) is 14.5. The van der Waals surface area contributed by atoms with Crippen molar-refractivity contribution in [1.29, 1.82) is 0 Å². The van der Waals surface area contributed by atoms with E-state index in [4.69, 9.17) is 10.5 Å². The molecule has 4 heteroatoms. The molecule has 0 spiro atoms. The third-order valence-electron chi connectivity index (χ3n) is 4.81. The van der Waals surface area contributed by atoms with Gasteiger partial charge in [-0.1, -0.05) is 60.7 Å². The van der Waals surface area contributed by atoms with E-state index in [0.717, 1.165) is 44.5 Å². The van der Waals surface area contributed by atoms with Crippen molar-refractivity contribution in [3.05, 3.63) is 71.8 Å². The number of hydrogen-bond acceptors (Lipinski definition) is 3. The Morgan fingerprint density at radius 1 is 1.04 bits per heavy atom. The molecule has 0 unspecified atom stereocenters. The molecule has 25 heavy (non-hydrogen) atoms. The molecule has 0 radical (unpaired) electrons. The van der Waals surface area contributed by atoms with Gasteiger partial charge < -0.3 is 10.5 Å². The molecule has 4 nitrogen and oxygen atoms in total. The first-order valence-electron chi connectivity index (χ1n) is 8.98. The van der Waals surface area contributed by atoms with Crippen LogP contribution in [0.3, 0.4) is 0 Å². The maximum absolute atomic E-state index is 12.0. The third-order valence-corrected chi connectivity index (χ3v) is 4.81. The number of rotatable bonds is 7. The zero-order chi connectivity index (χ0) is 17.5. The highest BCUT2D eigenvalue weighted by atomic mass is 16.5. The summed E-state index contributed by atoms with van der Waals surface area (Å²) in [5.74, 6) is -0.283. The minimum absolute atomic E-state index is 0.268. The summed E-state index contributed by atoms with van der Waals surface area (Å²) >= 11 is 0. The highest BCUT2D eigenvalue weighted by molar-refractivity contribution is 5.81. The molecule has 1 saturated heterocycles. The fraction of sp³-hybridized carbons (Fsp3) is 0.381. The van der Waals surface area contributed by atoms with Crippen LogP contribution in [0, 0.1) is 0 Å². The van der Waals surface area contributed by atoms with Gasteiger partial charge in [0, 0.05) is 13.1 Å². The van der Waals surface area contributed by atoms with E-state index in [1.54, 1.807) is 0 Å². The smallest absolute Gasteiger partial charge is 0.239 e. The molecule has 1 fully saturated rings. The second kappa shape index (κ2) is 8.79. The van der Waals surface area contributed by atoms with E-state index >= 15 is 0 Å². The Hall–Kier alpha value is -2.17. The van der Waals surface area contributed by atoms with Crippen molar-refractivity contribution in [2.45, 2.75) is 31.4 Å². The van der Waals surface area contributed by atoms with Gasteiger partial charge in [0.25, 0.3) is 0 Å². The fourth-order valence-corrected chi connectivity index (χ4v) is 3.48. The van der Waals surface area contributed by atoms with Crippen molar-refractivity contribution in [2.24, 2.45) is 5.73 Å². The lowest BCUT2D eigenvalue weighted by atomic mass is 10.00. The summed E-state index contributed by atoms with van der Waals surface area (Å²) in [6, 6.07) is 19.9. The van der Waals surface area contributed by atoms with Crippen molar-refractivity contribution in [3.8, 4) is 0 Å². The number of nitrogens with zero attached hydrogens (tertiary/aromatic N) is 1. The summed E-state index contributed by atoms with van der Waals surface area (Å²) in [5.41, 5.74) is 7.94. The van der Waals surface area contributed by atoms with Gasteiger partial charge in [-0.2, -0.15) is 0 Å². The first-order chi connectivity index (χ1) is 12.2. The molecular formula is C21H26N2O2. The minimum atomic E-state index is -0.341. The Morgan fingerprint density at radius 2 is 1.64 bits per heavy atom. The molecule has 1 aliphatic rings. The van der Waals surface area contributed by atoms with Gasteiger partial charge in [-0.25, -0.2) is 0 Å². The molecule has 2 aromatic rings. The molecule has 1 aliphatic heterocycles. The number of hydrogen-bond donors (Lipinski definition) is 1. The molecule has 0 aliphatic carbocycles. The fourth-order valence-electron chi connectivity index (χ4n) is 3.48. The summed E-state index contributed by atoms with van der Waals surface area (Å²) in [4.78, 5) is 14.1. The second-order valence-corrected chi connectivity index (χ2v) is 6.56. The number of amides is 1. The van der Waals surface area contributed by atoms with Crippen LogP contribution in [0.15, 0.2) is 60.7 Å². The summed E-state index contributed by atoms with van der Waals surface area (Å²) in [6.45, 7) is 2.41. The lowest BCUT2D eigenvalue weighted by molar-refractivity contribution is -0.124. The number of carbonyl (C=O) groups is 1. The Bertz CT molecular complexity index is 652. The summed E-state index contributed by atoms with van der Waals surface area (Å²) in [5, 5.41) is 0. The Balaban J connectivity index is 1.48. The Labute approximate surface area is 149 Å². The van der Waals surface area contributed by atoms with Crippen LogP contribution < -0.4 is 5.73 Å². The van der Waals surface area contributed by atoms with Crippen molar-refractivity contribution in [1.82, 2.24) is 4.90 Å². The first-order valence-corrected chi connectivity index (χ1v) is 8.98. The van der Waals surface area contributed by atoms with Crippen molar-refractivity contribution in [2.75, 3.05) is 19.7 Å². The predicted octanol–water partition coefficient (Wildman–Crippen LogP) is 2.94. The molecule has 0 aromatic heterocycles. The number of nitrogens with two attached hydrogens (primary N) is 1. The van der Waals surface area contributed by atoms with E-state index in [2.05, 4.69) is 29.2 Å². The molecule has 1 amide bonds. The molecule has 2 aromatic carbocycles. The molecular weight excluding hydrogens is 312 g/mol. The van der Waals surface area contributed by atoms with Crippen LogP contribution in [-0.2, 0) is 16.0 Å². The average Bonchev–Trinajstić information content (AvgIpc) is 2.65. The monoisotopic (exact) mass is 338 g/mol. The van der Waals surface area contributed by atoms with E-state index in [9.17, 15) is 4.79 Å². The molecule has 3 rings (SSSR count). The van der Waals surface area contributed by atoms with Crippen LogP contribution in [0.2, 0.25) is 0 Å². The molecule has 1 heterocycles. The summed E-state index contributed by atoms with van der Waals surface area (Å²) in [6.07, 6.45) is 3.08. The quantitative estimate of drug-likeness (QED) is 0.844. The maximum Gasteiger partial charge on any atom is 0.239 e. The first kappa shape index (κ1) is 17.6. The molecule has 132 valence electrons. The van der Waals surface area contributed by atoms with Crippen molar-refractivity contribution >= 4 is 5.91 Å². The van der Waals surface area contributed by atoms with Gasteiger partial charge in [-0.05, 0) is 30.4 Å². The summed E-state index contributed by atoms with van der Waals surface area (Å²) in [7, 11) is 0. The van der Waals surface area contributed by atoms with Gasteiger partial charge in [0.1, 0.15) is 6.04 Å². The highest BCUT2D eigenvalue weighted by Gasteiger charge is 2.29. The van der Waals surface area contributed by atoms with Crippen LogP contribution in [0.25, 0.3) is 0 Å². The molecule has 1 atom stereocenters. The van der Waals surface area contributed by atoms with Crippen LogP contribution in [0.4, 0.5) is 0 Å². The molecule has 0 bridgehead atoms. The average molecular weight is 338 g/mol. The number of primary amides is 1. The minimum Gasteiger partial charge on any atom is -0.378 e. The largest absolute Gasteiger partial charge is 0.378 e. The number of carbonyl (C=O) groups excluding carboxylic acids is 1. The van der Waals surface area contributed by atoms with E-state index < -0.39 is 0 Å². The van der Waals surface area contributed by atoms with Crippen LogP contribution in [0.1, 0.15) is 30.0 Å². The summed E-state index contributed by atoms with van der Waals surface area (Å²) < 4.78 is 6.04. The number of likely N-dealkylation sites (tertiary alicyclic amines) is 1. The zero-order valence-corrected chi connectivity index (χ0v) is 14.5. The van der Waals surface area contributed by atoms with Gasteiger partial charge in [-0.3, -0.25) is 9.69 Å². The van der Waals surface area contributed by atoms with E-state index in [1.165, 1.54) is 5.56 Å². The van der Waals surface area contributed by atoms with E-state index in [-0.39, 0.29) is 18.1 Å². The van der Waals surface area contributed by atoms with E-state index in [0.29, 0.717) is 0 Å². The van der Waals surface area contributed by atoms with Gasteiger partial charge >= 0.3 is 0 Å². The molecule has 2 N–H and O–H groups in total. The maximum atomic E-state index is 12.0. The SMILES string of the molecule is NC(=O)[C@@H](c1ccccc1)N1CCC(OCCc2ccccc2)CC1.